The van der Waals surface area contributed by atoms with Gasteiger partial charge in [0, 0.05) is 6.54 Å². The van der Waals surface area contributed by atoms with Gasteiger partial charge in [-0.1, -0.05) is 13.8 Å². The van der Waals surface area contributed by atoms with E-state index in [9.17, 15) is 13.2 Å². The molecule has 88 valence electrons. The average Bonchev–Trinajstić information content (AvgIpc) is 2.12. The van der Waals surface area contributed by atoms with E-state index in [0.717, 1.165) is 4.31 Å². The molecule has 1 rings (SSSR count). The van der Waals surface area contributed by atoms with Gasteiger partial charge in [-0.2, -0.15) is 0 Å². The molecule has 15 heavy (non-hydrogen) atoms. The third-order valence-corrected chi connectivity index (χ3v) is 5.14. The highest BCUT2D eigenvalue weighted by Gasteiger charge is 2.60. The van der Waals surface area contributed by atoms with Gasteiger partial charge in [-0.05, 0) is 25.8 Å². The highest BCUT2D eigenvalue weighted by Crippen LogP contribution is 2.36. The van der Waals surface area contributed by atoms with Crippen molar-refractivity contribution < 1.29 is 13.2 Å². The van der Waals surface area contributed by atoms with Crippen LogP contribution in [0.3, 0.4) is 0 Å². The fourth-order valence-electron chi connectivity index (χ4n) is 1.37. The van der Waals surface area contributed by atoms with Crippen LogP contribution in [0.1, 0.15) is 27.7 Å². The Hall–Kier alpha value is -0.620. The summed E-state index contributed by atoms with van der Waals surface area (Å²) in [7, 11) is -3.46. The van der Waals surface area contributed by atoms with Gasteiger partial charge in [0.2, 0.25) is 0 Å². The smallest absolute Gasteiger partial charge is 0.258 e. The zero-order valence-corrected chi connectivity index (χ0v) is 10.4. The summed E-state index contributed by atoms with van der Waals surface area (Å²) in [6.45, 7) is 7.02. The SMILES string of the molecule is CC(C)(CN)CN1C(=O)C(C)(C)S1(=O)=O. The maximum Gasteiger partial charge on any atom is 0.258 e. The second-order valence-electron chi connectivity index (χ2n) is 5.20. The third-order valence-electron chi connectivity index (χ3n) is 2.80. The van der Waals surface area contributed by atoms with Crippen LogP contribution >= 0.6 is 0 Å². The number of carbonyl (C=O) groups excluding carboxylic acids is 1. The Kier molecular flexibility index (Phi) is 2.64. The van der Waals surface area contributed by atoms with Crippen LogP contribution in [0.2, 0.25) is 0 Å². The summed E-state index contributed by atoms with van der Waals surface area (Å²) in [6.07, 6.45) is 0. The van der Waals surface area contributed by atoms with E-state index >= 15 is 0 Å². The van der Waals surface area contributed by atoms with Crippen molar-refractivity contribution in [1.29, 1.82) is 0 Å². The fraction of sp³-hybridized carbons (Fsp3) is 0.889. The number of hydrogen-bond acceptors (Lipinski definition) is 4. The summed E-state index contributed by atoms with van der Waals surface area (Å²) in [5.74, 6) is -0.343. The summed E-state index contributed by atoms with van der Waals surface area (Å²) in [5, 5.41) is 0. The summed E-state index contributed by atoms with van der Waals surface area (Å²) < 4.78 is 23.1. The molecule has 2 N–H and O–H groups in total. The molecule has 0 saturated carbocycles. The molecule has 0 aromatic heterocycles. The van der Waals surface area contributed by atoms with Crippen LogP contribution in [0, 0.1) is 5.41 Å². The number of hydrogen-bond donors (Lipinski definition) is 1. The number of rotatable bonds is 3. The van der Waals surface area contributed by atoms with E-state index in [1.807, 2.05) is 13.8 Å². The van der Waals surface area contributed by atoms with E-state index in [0.29, 0.717) is 6.54 Å². The van der Waals surface area contributed by atoms with Crippen LogP contribution in [0.15, 0.2) is 0 Å². The van der Waals surface area contributed by atoms with Crippen molar-refractivity contribution >= 4 is 15.9 Å². The molecule has 1 fully saturated rings. The Balaban J connectivity index is 2.90. The van der Waals surface area contributed by atoms with Gasteiger partial charge in [-0.3, -0.25) is 4.79 Å². The minimum Gasteiger partial charge on any atom is -0.330 e. The van der Waals surface area contributed by atoms with E-state index in [-0.39, 0.29) is 17.9 Å². The van der Waals surface area contributed by atoms with Crippen LogP contribution in [-0.2, 0) is 14.8 Å². The lowest BCUT2D eigenvalue weighted by Crippen LogP contribution is -2.68. The van der Waals surface area contributed by atoms with Crippen molar-refractivity contribution in [3.05, 3.63) is 0 Å². The summed E-state index contributed by atoms with van der Waals surface area (Å²) in [4.78, 5) is 11.6. The minimum absolute atomic E-state index is 0.161. The summed E-state index contributed by atoms with van der Waals surface area (Å²) >= 11 is 0. The van der Waals surface area contributed by atoms with E-state index < -0.39 is 14.8 Å². The molecule has 0 atom stereocenters. The number of nitrogens with two attached hydrogens (primary N) is 1. The van der Waals surface area contributed by atoms with Gasteiger partial charge >= 0.3 is 0 Å². The van der Waals surface area contributed by atoms with Crippen LogP contribution in [0.5, 0.6) is 0 Å². The molecule has 0 aliphatic carbocycles. The molecule has 0 aromatic carbocycles. The van der Waals surface area contributed by atoms with Crippen molar-refractivity contribution in [2.24, 2.45) is 11.1 Å². The second-order valence-corrected chi connectivity index (χ2v) is 7.61. The molecule has 0 aromatic rings. The molecular formula is C9H18N2O3S. The molecule has 0 spiro atoms. The number of sulfonamides is 1. The first kappa shape index (κ1) is 12.4. The first-order valence-electron chi connectivity index (χ1n) is 4.83. The minimum atomic E-state index is -3.46. The normalized spacial score (nSPS) is 23.8. The monoisotopic (exact) mass is 234 g/mol. The molecule has 1 heterocycles. The molecule has 1 saturated heterocycles. The van der Waals surface area contributed by atoms with E-state index in [1.165, 1.54) is 13.8 Å². The Bertz CT molecular complexity index is 384. The first-order valence-corrected chi connectivity index (χ1v) is 6.27. The average molecular weight is 234 g/mol. The Morgan fingerprint density at radius 3 is 2.20 bits per heavy atom. The molecule has 0 radical (unpaired) electrons. The van der Waals surface area contributed by atoms with E-state index in [4.69, 9.17) is 5.73 Å². The molecule has 0 unspecified atom stereocenters. The Morgan fingerprint density at radius 1 is 1.40 bits per heavy atom. The lowest BCUT2D eigenvalue weighted by molar-refractivity contribution is -0.133. The largest absolute Gasteiger partial charge is 0.330 e. The third kappa shape index (κ3) is 1.65. The lowest BCUT2D eigenvalue weighted by Gasteiger charge is -2.45. The van der Waals surface area contributed by atoms with Crippen LogP contribution < -0.4 is 5.73 Å². The van der Waals surface area contributed by atoms with Gasteiger partial charge < -0.3 is 5.73 Å². The molecule has 1 aliphatic heterocycles. The second kappa shape index (κ2) is 3.18. The van der Waals surface area contributed by atoms with Crippen LogP contribution in [0.4, 0.5) is 0 Å². The molecular weight excluding hydrogens is 216 g/mol. The highest BCUT2D eigenvalue weighted by molar-refractivity contribution is 7.94. The van der Waals surface area contributed by atoms with E-state index in [1.54, 1.807) is 0 Å². The maximum atomic E-state index is 11.7. The van der Waals surface area contributed by atoms with Crippen molar-refractivity contribution in [3.63, 3.8) is 0 Å². The summed E-state index contributed by atoms with van der Waals surface area (Å²) in [5.41, 5.74) is 5.13. The molecule has 1 amide bonds. The lowest BCUT2D eigenvalue weighted by atomic mass is 9.93. The van der Waals surface area contributed by atoms with Gasteiger partial charge in [-0.15, -0.1) is 0 Å². The zero-order chi connectivity index (χ0) is 12.1. The quantitative estimate of drug-likeness (QED) is 0.740. The Morgan fingerprint density at radius 2 is 1.87 bits per heavy atom. The predicted octanol–water partition coefficient (Wildman–Crippen LogP) is -0.0781. The van der Waals surface area contributed by atoms with Crippen molar-refractivity contribution in [2.45, 2.75) is 32.4 Å². The number of carbonyl (C=O) groups is 1. The molecule has 0 bridgehead atoms. The van der Waals surface area contributed by atoms with E-state index in [2.05, 4.69) is 0 Å². The van der Waals surface area contributed by atoms with Crippen molar-refractivity contribution in [1.82, 2.24) is 4.31 Å². The zero-order valence-electron chi connectivity index (χ0n) is 9.57. The first-order chi connectivity index (χ1) is 6.56. The van der Waals surface area contributed by atoms with Gasteiger partial charge in [0.15, 0.2) is 4.75 Å². The molecule has 6 heteroatoms. The van der Waals surface area contributed by atoms with Gasteiger partial charge in [-0.25, -0.2) is 12.7 Å². The highest BCUT2D eigenvalue weighted by atomic mass is 32.2. The van der Waals surface area contributed by atoms with Gasteiger partial charge in [0.1, 0.15) is 0 Å². The predicted molar refractivity (Wildman–Crippen MR) is 57.5 cm³/mol. The van der Waals surface area contributed by atoms with Crippen LogP contribution in [0.25, 0.3) is 0 Å². The standard InChI is InChI=1S/C9H18N2O3S/c1-8(2,5-10)6-11-7(12)9(3,4)15(11,13)14/h5-6,10H2,1-4H3. The fourth-order valence-corrected chi connectivity index (χ4v) is 3.08. The van der Waals surface area contributed by atoms with Gasteiger partial charge in [0.05, 0.1) is 0 Å². The number of amides is 1. The van der Waals surface area contributed by atoms with Crippen molar-refractivity contribution in [2.75, 3.05) is 13.1 Å². The summed E-state index contributed by atoms with van der Waals surface area (Å²) in [6, 6.07) is 0. The maximum absolute atomic E-state index is 11.7. The van der Waals surface area contributed by atoms with Crippen molar-refractivity contribution in [3.8, 4) is 0 Å². The Labute approximate surface area is 90.7 Å². The van der Waals surface area contributed by atoms with Crippen LogP contribution in [-0.4, -0.2) is 36.5 Å². The van der Waals surface area contributed by atoms with Gasteiger partial charge in [0.25, 0.3) is 15.9 Å². The topological polar surface area (TPSA) is 80.5 Å². The molecule has 5 nitrogen and oxygen atoms in total. The number of nitrogens with zero attached hydrogens (tertiary/aromatic N) is 1. The molecule has 1 aliphatic rings.